The lowest BCUT2D eigenvalue weighted by atomic mass is 9.69. The molecule has 1 unspecified atom stereocenters. The highest BCUT2D eigenvalue weighted by atomic mass is 32.1. The highest BCUT2D eigenvalue weighted by Gasteiger charge is 2.35. The molecule has 6 nitrogen and oxygen atoms in total. The molecule has 3 rings (SSSR count). The Balaban J connectivity index is 1.92. The van der Waals surface area contributed by atoms with E-state index < -0.39 is 5.91 Å². The number of nitrogens with two attached hydrogens (primary N) is 1. The number of primary amides is 1. The molecule has 0 aliphatic heterocycles. The summed E-state index contributed by atoms with van der Waals surface area (Å²) in [5.41, 5.74) is 7.75. The van der Waals surface area contributed by atoms with Gasteiger partial charge < -0.3 is 20.5 Å². The second-order valence-corrected chi connectivity index (χ2v) is 9.48. The third-order valence-corrected chi connectivity index (χ3v) is 7.58. The Bertz CT molecular complexity index is 964. The van der Waals surface area contributed by atoms with Gasteiger partial charge in [-0.3, -0.25) is 9.59 Å². The number of benzene rings is 1. The van der Waals surface area contributed by atoms with Crippen LogP contribution >= 0.6 is 11.3 Å². The second-order valence-electron chi connectivity index (χ2n) is 8.37. The van der Waals surface area contributed by atoms with Crippen molar-refractivity contribution >= 4 is 28.2 Å². The molecule has 0 radical (unpaired) electrons. The van der Waals surface area contributed by atoms with Crippen LogP contribution in [0.4, 0.5) is 5.00 Å². The molecule has 1 aliphatic rings. The molecule has 0 saturated carbocycles. The molecule has 0 fully saturated rings. The minimum atomic E-state index is -0.502. The first kappa shape index (κ1) is 22.2. The number of thiophene rings is 1. The van der Waals surface area contributed by atoms with E-state index in [9.17, 15) is 9.59 Å². The minimum Gasteiger partial charge on any atom is -0.497 e. The number of anilines is 1. The molecule has 162 valence electrons. The number of hydrogen-bond donors (Lipinski definition) is 2. The monoisotopic (exact) mass is 430 g/mol. The Kier molecular flexibility index (Phi) is 6.41. The van der Waals surface area contributed by atoms with Crippen LogP contribution in [-0.4, -0.2) is 26.0 Å². The first-order valence-corrected chi connectivity index (χ1v) is 11.0. The van der Waals surface area contributed by atoms with Gasteiger partial charge in [-0.1, -0.05) is 27.2 Å². The average Bonchev–Trinajstić information content (AvgIpc) is 3.10. The van der Waals surface area contributed by atoms with Crippen molar-refractivity contribution in [1.82, 2.24) is 0 Å². The summed E-state index contributed by atoms with van der Waals surface area (Å²) in [5.74, 6) is 0.689. The lowest BCUT2D eigenvalue weighted by molar-refractivity contribution is 0.0999. The van der Waals surface area contributed by atoms with E-state index in [2.05, 4.69) is 26.1 Å². The van der Waals surface area contributed by atoms with Crippen molar-refractivity contribution in [3.63, 3.8) is 0 Å². The smallest absolute Gasteiger partial charge is 0.260 e. The van der Waals surface area contributed by atoms with Crippen molar-refractivity contribution in [2.24, 2.45) is 17.1 Å². The Labute approximate surface area is 181 Å². The Morgan fingerprint density at radius 2 is 2.00 bits per heavy atom. The van der Waals surface area contributed by atoms with Gasteiger partial charge in [0.05, 0.1) is 25.3 Å². The van der Waals surface area contributed by atoms with Gasteiger partial charge in [-0.15, -0.1) is 11.3 Å². The van der Waals surface area contributed by atoms with E-state index in [0.717, 1.165) is 36.1 Å². The number of methoxy groups -OCH3 is 2. The number of nitrogens with one attached hydrogen (secondary N) is 1. The summed E-state index contributed by atoms with van der Waals surface area (Å²) in [6.07, 6.45) is 3.83. The first-order chi connectivity index (χ1) is 14.2. The van der Waals surface area contributed by atoms with Gasteiger partial charge in [-0.05, 0) is 48.3 Å². The molecule has 3 N–H and O–H groups in total. The number of carbonyl (C=O) groups is 2. The van der Waals surface area contributed by atoms with E-state index in [4.69, 9.17) is 15.2 Å². The topological polar surface area (TPSA) is 90.7 Å². The summed E-state index contributed by atoms with van der Waals surface area (Å²) in [4.78, 5) is 26.4. The van der Waals surface area contributed by atoms with Crippen LogP contribution in [-0.2, 0) is 12.8 Å². The number of hydrogen-bond acceptors (Lipinski definition) is 5. The summed E-state index contributed by atoms with van der Waals surface area (Å²) < 4.78 is 10.5. The maximum absolute atomic E-state index is 13.0. The van der Waals surface area contributed by atoms with Gasteiger partial charge in [0.15, 0.2) is 0 Å². The van der Waals surface area contributed by atoms with E-state index in [-0.39, 0.29) is 11.3 Å². The van der Waals surface area contributed by atoms with Gasteiger partial charge in [0.25, 0.3) is 11.8 Å². The molecule has 0 bridgehead atoms. The molecule has 1 heterocycles. The molecule has 1 atom stereocenters. The van der Waals surface area contributed by atoms with Crippen LogP contribution in [0.5, 0.6) is 11.5 Å². The molecule has 1 aromatic heterocycles. The summed E-state index contributed by atoms with van der Waals surface area (Å²) in [5, 5.41) is 3.42. The second kappa shape index (κ2) is 8.68. The normalized spacial score (nSPS) is 16.0. The van der Waals surface area contributed by atoms with E-state index in [1.807, 2.05) is 0 Å². The zero-order valence-electron chi connectivity index (χ0n) is 18.3. The van der Waals surface area contributed by atoms with Crippen molar-refractivity contribution in [3.8, 4) is 11.5 Å². The Morgan fingerprint density at radius 3 is 2.60 bits per heavy atom. The maximum atomic E-state index is 13.0. The van der Waals surface area contributed by atoms with Gasteiger partial charge in [0.2, 0.25) is 0 Å². The van der Waals surface area contributed by atoms with Crippen LogP contribution in [0.25, 0.3) is 0 Å². The molecular weight excluding hydrogens is 400 g/mol. The van der Waals surface area contributed by atoms with Crippen molar-refractivity contribution < 1.29 is 19.1 Å². The predicted octanol–water partition coefficient (Wildman–Crippen LogP) is 4.66. The van der Waals surface area contributed by atoms with E-state index in [0.29, 0.717) is 33.5 Å². The number of ether oxygens (including phenoxy) is 2. The molecule has 1 aromatic carbocycles. The third-order valence-electron chi connectivity index (χ3n) is 6.41. The van der Waals surface area contributed by atoms with Gasteiger partial charge in [-0.2, -0.15) is 0 Å². The van der Waals surface area contributed by atoms with Crippen LogP contribution in [0, 0.1) is 11.3 Å². The molecule has 30 heavy (non-hydrogen) atoms. The standard InChI is InChI=1S/C23H30N2O4S/c1-6-23(2,3)13-7-9-16-18(11-13)30-22(19(16)20(24)26)25-21(27)15-10-8-14(28-4)12-17(15)29-5/h8,10,12-13H,6-7,9,11H2,1-5H3,(H2,24,26)(H,25,27). The number of carbonyl (C=O) groups excluding carboxylic acids is 2. The van der Waals surface area contributed by atoms with Crippen LogP contribution < -0.4 is 20.5 Å². The predicted molar refractivity (Wildman–Crippen MR) is 120 cm³/mol. The van der Waals surface area contributed by atoms with Gasteiger partial charge >= 0.3 is 0 Å². The first-order valence-electron chi connectivity index (χ1n) is 10.2. The summed E-state index contributed by atoms with van der Waals surface area (Å²) >= 11 is 1.47. The molecular formula is C23H30N2O4S. The summed E-state index contributed by atoms with van der Waals surface area (Å²) in [6.45, 7) is 6.81. The summed E-state index contributed by atoms with van der Waals surface area (Å²) in [6, 6.07) is 4.99. The Hall–Kier alpha value is -2.54. The lowest BCUT2D eigenvalue weighted by Gasteiger charge is -2.36. The fourth-order valence-electron chi connectivity index (χ4n) is 4.05. The van der Waals surface area contributed by atoms with Crippen molar-refractivity contribution in [2.45, 2.75) is 46.5 Å². The van der Waals surface area contributed by atoms with Gasteiger partial charge in [0.1, 0.15) is 16.5 Å². The molecule has 0 spiro atoms. The van der Waals surface area contributed by atoms with Crippen molar-refractivity contribution in [2.75, 3.05) is 19.5 Å². The largest absolute Gasteiger partial charge is 0.497 e. The van der Waals surface area contributed by atoms with E-state index in [1.165, 1.54) is 18.4 Å². The molecule has 7 heteroatoms. The highest BCUT2D eigenvalue weighted by Crippen LogP contribution is 2.45. The van der Waals surface area contributed by atoms with Crippen LogP contribution in [0.1, 0.15) is 64.8 Å². The zero-order valence-corrected chi connectivity index (χ0v) is 19.1. The third kappa shape index (κ3) is 4.17. The quantitative estimate of drug-likeness (QED) is 0.668. The minimum absolute atomic E-state index is 0.231. The molecule has 0 saturated heterocycles. The number of amides is 2. The summed E-state index contributed by atoms with van der Waals surface area (Å²) in [7, 11) is 3.05. The van der Waals surface area contributed by atoms with Crippen molar-refractivity contribution in [1.29, 1.82) is 0 Å². The molecule has 2 amide bonds. The Morgan fingerprint density at radius 1 is 1.27 bits per heavy atom. The van der Waals surface area contributed by atoms with Crippen molar-refractivity contribution in [3.05, 3.63) is 39.8 Å². The van der Waals surface area contributed by atoms with Gasteiger partial charge in [0, 0.05) is 10.9 Å². The van der Waals surface area contributed by atoms with Crippen LogP contribution in [0.2, 0.25) is 0 Å². The zero-order chi connectivity index (χ0) is 22.1. The van der Waals surface area contributed by atoms with Crippen LogP contribution in [0.15, 0.2) is 18.2 Å². The fourth-order valence-corrected chi connectivity index (χ4v) is 5.37. The SMILES string of the molecule is CCC(C)(C)C1CCc2c(sc(NC(=O)c3ccc(OC)cc3OC)c2C(N)=O)C1. The lowest BCUT2D eigenvalue weighted by Crippen LogP contribution is -2.29. The maximum Gasteiger partial charge on any atom is 0.260 e. The number of fused-ring (bicyclic) bond motifs is 1. The number of rotatable bonds is 7. The molecule has 1 aliphatic carbocycles. The fraction of sp³-hybridized carbons (Fsp3) is 0.478. The van der Waals surface area contributed by atoms with Crippen LogP contribution in [0.3, 0.4) is 0 Å². The average molecular weight is 431 g/mol. The van der Waals surface area contributed by atoms with E-state index in [1.54, 1.807) is 25.3 Å². The van der Waals surface area contributed by atoms with Gasteiger partial charge in [-0.25, -0.2) is 0 Å². The highest BCUT2D eigenvalue weighted by molar-refractivity contribution is 7.17. The van der Waals surface area contributed by atoms with E-state index >= 15 is 0 Å². The molecule has 2 aromatic rings.